The number of piperidine rings is 1. The number of nitrogens with two attached hydrogens (primary N) is 1. The molecule has 0 amide bonds. The predicted molar refractivity (Wildman–Crippen MR) is 73.1 cm³/mol. The van der Waals surface area contributed by atoms with Crippen molar-refractivity contribution in [2.24, 2.45) is 11.7 Å². The van der Waals surface area contributed by atoms with Gasteiger partial charge in [-0.15, -0.1) is 0 Å². The van der Waals surface area contributed by atoms with Crippen LogP contribution in [-0.4, -0.2) is 24.5 Å². The molecule has 5 heteroatoms. The fourth-order valence-corrected chi connectivity index (χ4v) is 2.94. The molecule has 1 saturated heterocycles. The van der Waals surface area contributed by atoms with Crippen LogP contribution in [0.4, 0.5) is 13.2 Å². The smallest absolute Gasteiger partial charge is 0.330 e. The Morgan fingerprint density at radius 2 is 2.00 bits per heavy atom. The molecule has 0 bridgehead atoms. The molecule has 0 saturated carbocycles. The number of alkyl halides is 3. The van der Waals surface area contributed by atoms with Gasteiger partial charge in [0.05, 0.1) is 5.56 Å². The maximum Gasteiger partial charge on any atom is 0.416 e. The lowest BCUT2D eigenvalue weighted by Gasteiger charge is -2.33. The summed E-state index contributed by atoms with van der Waals surface area (Å²) in [5.41, 5.74) is 5.43. The molecule has 112 valence electrons. The molecule has 1 aromatic carbocycles. The van der Waals surface area contributed by atoms with Crippen LogP contribution in [-0.2, 0) is 12.7 Å². The van der Waals surface area contributed by atoms with Gasteiger partial charge in [0.1, 0.15) is 0 Å². The second kappa shape index (κ2) is 6.59. The van der Waals surface area contributed by atoms with Crippen LogP contribution in [0.5, 0.6) is 0 Å². The molecule has 0 radical (unpaired) electrons. The predicted octanol–water partition coefficient (Wildman–Crippen LogP) is 3.27. The number of hydrogen-bond donors (Lipinski definition) is 1. The number of nitrogens with zero attached hydrogens (tertiary/aromatic N) is 1. The van der Waals surface area contributed by atoms with E-state index >= 15 is 0 Å². The largest absolute Gasteiger partial charge is 0.416 e. The summed E-state index contributed by atoms with van der Waals surface area (Å²) in [6.45, 7) is 2.74. The maximum atomic E-state index is 13.0. The lowest BCUT2D eigenvalue weighted by molar-refractivity contribution is -0.138. The first kappa shape index (κ1) is 15.3. The van der Waals surface area contributed by atoms with E-state index in [0.29, 0.717) is 24.6 Å². The van der Waals surface area contributed by atoms with E-state index in [4.69, 9.17) is 5.73 Å². The van der Waals surface area contributed by atoms with Crippen LogP contribution in [0.1, 0.15) is 30.4 Å². The highest BCUT2D eigenvalue weighted by Crippen LogP contribution is 2.33. The van der Waals surface area contributed by atoms with E-state index in [2.05, 4.69) is 4.90 Å². The number of halogens is 3. The zero-order valence-corrected chi connectivity index (χ0v) is 11.5. The monoisotopic (exact) mass is 286 g/mol. The summed E-state index contributed by atoms with van der Waals surface area (Å²) in [5.74, 6) is 0.520. The summed E-state index contributed by atoms with van der Waals surface area (Å²) in [5, 5.41) is 0. The van der Waals surface area contributed by atoms with Gasteiger partial charge in [0.2, 0.25) is 0 Å². The highest BCUT2D eigenvalue weighted by Gasteiger charge is 2.33. The van der Waals surface area contributed by atoms with Crippen molar-refractivity contribution in [1.82, 2.24) is 4.90 Å². The van der Waals surface area contributed by atoms with Crippen LogP contribution in [0.3, 0.4) is 0 Å². The molecule has 1 aliphatic heterocycles. The SMILES string of the molecule is NCC[C@H]1CCCN(Cc2ccccc2C(F)(F)F)C1. The lowest BCUT2D eigenvalue weighted by Crippen LogP contribution is -2.36. The van der Waals surface area contributed by atoms with Crippen LogP contribution in [0, 0.1) is 5.92 Å². The van der Waals surface area contributed by atoms with Crippen molar-refractivity contribution in [1.29, 1.82) is 0 Å². The Labute approximate surface area is 117 Å². The number of hydrogen-bond acceptors (Lipinski definition) is 2. The van der Waals surface area contributed by atoms with Crippen molar-refractivity contribution in [2.45, 2.75) is 32.0 Å². The van der Waals surface area contributed by atoms with E-state index in [1.54, 1.807) is 12.1 Å². The third kappa shape index (κ3) is 3.96. The first-order valence-corrected chi connectivity index (χ1v) is 7.08. The number of benzene rings is 1. The minimum atomic E-state index is -4.27. The zero-order valence-electron chi connectivity index (χ0n) is 11.5. The van der Waals surface area contributed by atoms with Gasteiger partial charge in [0.25, 0.3) is 0 Å². The third-order valence-electron chi connectivity index (χ3n) is 3.89. The van der Waals surface area contributed by atoms with E-state index in [1.807, 2.05) is 0 Å². The van der Waals surface area contributed by atoms with Gasteiger partial charge in [0.15, 0.2) is 0 Å². The second-order valence-corrected chi connectivity index (χ2v) is 5.48. The molecule has 0 aromatic heterocycles. The van der Waals surface area contributed by atoms with Gasteiger partial charge in [-0.25, -0.2) is 0 Å². The molecule has 0 aliphatic carbocycles. The molecule has 20 heavy (non-hydrogen) atoms. The van der Waals surface area contributed by atoms with Crippen LogP contribution >= 0.6 is 0 Å². The molecule has 1 atom stereocenters. The van der Waals surface area contributed by atoms with E-state index in [9.17, 15) is 13.2 Å². The van der Waals surface area contributed by atoms with Crippen LogP contribution in [0.2, 0.25) is 0 Å². The Hall–Kier alpha value is -1.07. The Morgan fingerprint density at radius 3 is 2.70 bits per heavy atom. The van der Waals surface area contributed by atoms with Gasteiger partial charge in [-0.3, -0.25) is 4.90 Å². The summed E-state index contributed by atoms with van der Waals surface area (Å²) in [4.78, 5) is 2.12. The molecule has 1 aliphatic rings. The van der Waals surface area contributed by atoms with E-state index in [-0.39, 0.29) is 0 Å². The number of rotatable bonds is 4. The fraction of sp³-hybridized carbons (Fsp3) is 0.600. The second-order valence-electron chi connectivity index (χ2n) is 5.48. The topological polar surface area (TPSA) is 29.3 Å². The standard InChI is InChI=1S/C15H21F3N2/c16-15(17,18)14-6-2-1-5-13(14)11-20-9-3-4-12(10-20)7-8-19/h1-2,5-6,12H,3-4,7-11,19H2/t12-/m1/s1. The maximum absolute atomic E-state index is 13.0. The molecule has 2 nitrogen and oxygen atoms in total. The van der Waals surface area contributed by atoms with Crippen LogP contribution in [0.15, 0.2) is 24.3 Å². The van der Waals surface area contributed by atoms with Gasteiger partial charge in [-0.05, 0) is 49.9 Å². The van der Waals surface area contributed by atoms with E-state index < -0.39 is 11.7 Å². The van der Waals surface area contributed by atoms with Crippen molar-refractivity contribution in [3.8, 4) is 0 Å². The van der Waals surface area contributed by atoms with Gasteiger partial charge >= 0.3 is 6.18 Å². The fourth-order valence-electron chi connectivity index (χ4n) is 2.94. The molecular formula is C15H21F3N2. The Bertz CT molecular complexity index is 429. The summed E-state index contributed by atoms with van der Waals surface area (Å²) >= 11 is 0. The summed E-state index contributed by atoms with van der Waals surface area (Å²) in [7, 11) is 0. The van der Waals surface area contributed by atoms with E-state index in [1.165, 1.54) is 6.07 Å². The van der Waals surface area contributed by atoms with Crippen molar-refractivity contribution in [2.75, 3.05) is 19.6 Å². The normalized spacial score (nSPS) is 21.1. The molecule has 1 heterocycles. The molecule has 1 aromatic rings. The summed E-state index contributed by atoms with van der Waals surface area (Å²) in [6, 6.07) is 5.86. The number of likely N-dealkylation sites (tertiary alicyclic amines) is 1. The van der Waals surface area contributed by atoms with Gasteiger partial charge in [-0.2, -0.15) is 13.2 Å². The quantitative estimate of drug-likeness (QED) is 0.920. The Balaban J connectivity index is 2.06. The molecule has 2 rings (SSSR count). The molecule has 2 N–H and O–H groups in total. The summed E-state index contributed by atoms with van der Waals surface area (Å²) < 4.78 is 38.9. The first-order valence-electron chi connectivity index (χ1n) is 7.08. The third-order valence-corrected chi connectivity index (χ3v) is 3.89. The van der Waals surface area contributed by atoms with Crippen molar-refractivity contribution in [3.05, 3.63) is 35.4 Å². The molecular weight excluding hydrogens is 265 g/mol. The minimum absolute atomic E-state index is 0.369. The van der Waals surface area contributed by atoms with Crippen molar-refractivity contribution >= 4 is 0 Å². The highest BCUT2D eigenvalue weighted by molar-refractivity contribution is 5.29. The molecule has 1 fully saturated rings. The Morgan fingerprint density at radius 1 is 1.25 bits per heavy atom. The van der Waals surface area contributed by atoms with Crippen LogP contribution < -0.4 is 5.73 Å². The highest BCUT2D eigenvalue weighted by atomic mass is 19.4. The summed E-state index contributed by atoms with van der Waals surface area (Å²) in [6.07, 6.45) is -1.14. The van der Waals surface area contributed by atoms with Gasteiger partial charge < -0.3 is 5.73 Å². The zero-order chi connectivity index (χ0) is 14.6. The van der Waals surface area contributed by atoms with E-state index in [0.717, 1.165) is 38.4 Å². The van der Waals surface area contributed by atoms with Crippen molar-refractivity contribution < 1.29 is 13.2 Å². The average Bonchev–Trinajstić information content (AvgIpc) is 2.39. The Kier molecular flexibility index (Phi) is 5.05. The van der Waals surface area contributed by atoms with Gasteiger partial charge in [0, 0.05) is 13.1 Å². The van der Waals surface area contributed by atoms with Gasteiger partial charge in [-0.1, -0.05) is 18.2 Å². The van der Waals surface area contributed by atoms with Crippen molar-refractivity contribution in [3.63, 3.8) is 0 Å². The minimum Gasteiger partial charge on any atom is -0.330 e. The van der Waals surface area contributed by atoms with Crippen LogP contribution in [0.25, 0.3) is 0 Å². The molecule has 0 spiro atoms. The first-order chi connectivity index (χ1) is 9.50. The molecule has 0 unspecified atom stereocenters. The average molecular weight is 286 g/mol. The lowest BCUT2D eigenvalue weighted by atomic mass is 9.94.